The molecule has 3 rings (SSSR count). The maximum atomic E-state index is 12.2. The zero-order valence-electron chi connectivity index (χ0n) is 19.6. The highest BCUT2D eigenvalue weighted by atomic mass is 16.5. The third-order valence-electron chi connectivity index (χ3n) is 6.11. The Hall–Kier alpha value is -3.39. The van der Waals surface area contributed by atoms with E-state index in [1.54, 1.807) is 6.92 Å². The largest absolute Gasteiger partial charge is 0.481 e. The Morgan fingerprint density at radius 2 is 1.62 bits per heavy atom. The zero-order valence-corrected chi connectivity index (χ0v) is 19.6. The summed E-state index contributed by atoms with van der Waals surface area (Å²) in [4.78, 5) is 35.2. The third-order valence-corrected chi connectivity index (χ3v) is 6.11. The van der Waals surface area contributed by atoms with Crippen LogP contribution in [0.5, 0.6) is 0 Å². The van der Waals surface area contributed by atoms with Gasteiger partial charge in [-0.3, -0.25) is 9.59 Å². The first-order chi connectivity index (χ1) is 16.4. The molecular formula is C26H32N2O6. The molecule has 182 valence electrons. The molecule has 1 aliphatic rings. The number of carbonyl (C=O) groups is 3. The second-order valence-electron chi connectivity index (χ2n) is 8.50. The predicted molar refractivity (Wildman–Crippen MR) is 128 cm³/mol. The fourth-order valence-electron chi connectivity index (χ4n) is 4.20. The fraction of sp³-hybridized carbons (Fsp3) is 0.423. The van der Waals surface area contributed by atoms with E-state index >= 15 is 0 Å². The highest BCUT2D eigenvalue weighted by Crippen LogP contribution is 2.44. The molecule has 1 aliphatic carbocycles. The van der Waals surface area contributed by atoms with Crippen LogP contribution in [0.2, 0.25) is 0 Å². The van der Waals surface area contributed by atoms with E-state index in [2.05, 4.69) is 34.9 Å². The number of carbonyl (C=O) groups excluding carboxylic acids is 2. The predicted octanol–water partition coefficient (Wildman–Crippen LogP) is 3.55. The fourth-order valence-corrected chi connectivity index (χ4v) is 4.20. The molecule has 2 atom stereocenters. The van der Waals surface area contributed by atoms with Gasteiger partial charge in [0, 0.05) is 32.0 Å². The Bertz CT molecular complexity index is 963. The van der Waals surface area contributed by atoms with Crippen LogP contribution in [0.4, 0.5) is 4.79 Å². The second-order valence-corrected chi connectivity index (χ2v) is 8.50. The molecule has 0 saturated heterocycles. The van der Waals surface area contributed by atoms with Gasteiger partial charge in [-0.2, -0.15) is 0 Å². The highest BCUT2D eigenvalue weighted by Gasteiger charge is 2.29. The molecule has 2 unspecified atom stereocenters. The van der Waals surface area contributed by atoms with Gasteiger partial charge in [-0.1, -0.05) is 55.5 Å². The summed E-state index contributed by atoms with van der Waals surface area (Å²) in [5, 5.41) is 14.3. The summed E-state index contributed by atoms with van der Waals surface area (Å²) in [5.74, 6) is -1.41. The lowest BCUT2D eigenvalue weighted by Gasteiger charge is -2.17. The Kier molecular flexibility index (Phi) is 9.04. The molecule has 34 heavy (non-hydrogen) atoms. The monoisotopic (exact) mass is 468 g/mol. The number of methoxy groups -OCH3 is 1. The number of nitrogens with one attached hydrogen (secondary N) is 2. The van der Waals surface area contributed by atoms with Crippen LogP contribution in [0, 0.1) is 5.92 Å². The molecule has 2 aromatic carbocycles. The van der Waals surface area contributed by atoms with Crippen molar-refractivity contribution in [1.29, 1.82) is 0 Å². The lowest BCUT2D eigenvalue weighted by atomic mass is 9.98. The van der Waals surface area contributed by atoms with Crippen molar-refractivity contribution < 1.29 is 29.0 Å². The van der Waals surface area contributed by atoms with E-state index < -0.39 is 18.2 Å². The zero-order chi connectivity index (χ0) is 24.5. The van der Waals surface area contributed by atoms with E-state index in [0.717, 1.165) is 11.1 Å². The third kappa shape index (κ3) is 6.57. The average molecular weight is 469 g/mol. The van der Waals surface area contributed by atoms with E-state index in [4.69, 9.17) is 14.6 Å². The Morgan fingerprint density at radius 3 is 2.21 bits per heavy atom. The molecule has 8 nitrogen and oxygen atoms in total. The quantitative estimate of drug-likeness (QED) is 0.411. The van der Waals surface area contributed by atoms with Gasteiger partial charge >= 0.3 is 12.1 Å². The van der Waals surface area contributed by atoms with Crippen LogP contribution < -0.4 is 10.6 Å². The standard InChI is InChI=1S/C26H32N2O6/c1-17(25(31)28-15-18(33-2)14-24(29)30)8-7-13-27-26(32)34-16-23-21-11-5-3-9-19(21)20-10-4-6-12-22(20)23/h3-6,9-12,17-18,23H,7-8,13-16H2,1-2H3,(H,27,32)(H,28,31)(H,29,30). The van der Waals surface area contributed by atoms with Crippen molar-refractivity contribution in [3.63, 3.8) is 0 Å². The minimum absolute atomic E-state index is 0.0129. The lowest BCUT2D eigenvalue weighted by molar-refractivity contribution is -0.140. The number of ether oxygens (including phenoxy) is 2. The van der Waals surface area contributed by atoms with Crippen LogP contribution in [-0.4, -0.2) is 56.0 Å². The topological polar surface area (TPSA) is 114 Å². The first-order valence-corrected chi connectivity index (χ1v) is 11.5. The smallest absolute Gasteiger partial charge is 0.407 e. The summed E-state index contributed by atoms with van der Waals surface area (Å²) in [6.45, 7) is 2.59. The van der Waals surface area contributed by atoms with E-state index in [1.807, 2.05) is 24.3 Å². The molecule has 0 aromatic heterocycles. The van der Waals surface area contributed by atoms with Crippen LogP contribution in [-0.2, 0) is 19.1 Å². The van der Waals surface area contributed by atoms with Crippen LogP contribution in [0.1, 0.15) is 43.2 Å². The molecule has 0 bridgehead atoms. The van der Waals surface area contributed by atoms with E-state index in [1.165, 1.54) is 18.2 Å². The van der Waals surface area contributed by atoms with Gasteiger partial charge in [0.15, 0.2) is 0 Å². The maximum absolute atomic E-state index is 12.2. The molecule has 0 heterocycles. The van der Waals surface area contributed by atoms with E-state index in [9.17, 15) is 14.4 Å². The van der Waals surface area contributed by atoms with Gasteiger partial charge in [0.2, 0.25) is 5.91 Å². The summed E-state index contributed by atoms with van der Waals surface area (Å²) in [5.41, 5.74) is 4.68. The number of hydrogen-bond donors (Lipinski definition) is 3. The van der Waals surface area contributed by atoms with Crippen molar-refractivity contribution in [1.82, 2.24) is 10.6 Å². The summed E-state index contributed by atoms with van der Waals surface area (Å²) in [7, 11) is 1.41. The molecule has 2 aromatic rings. The van der Waals surface area contributed by atoms with E-state index in [0.29, 0.717) is 19.4 Å². The number of hydrogen-bond acceptors (Lipinski definition) is 5. The molecule has 8 heteroatoms. The Balaban J connectivity index is 1.37. The van der Waals surface area contributed by atoms with Crippen molar-refractivity contribution in [2.45, 2.75) is 38.2 Å². The summed E-state index contributed by atoms with van der Waals surface area (Å²) in [6.07, 6.45) is -0.0254. The Labute approximate surface area is 199 Å². The van der Waals surface area contributed by atoms with Crippen LogP contribution in [0.3, 0.4) is 0 Å². The first-order valence-electron chi connectivity index (χ1n) is 11.5. The second kappa shape index (κ2) is 12.2. The van der Waals surface area contributed by atoms with Gasteiger partial charge in [0.1, 0.15) is 6.61 Å². The van der Waals surface area contributed by atoms with Gasteiger partial charge in [-0.05, 0) is 35.1 Å². The van der Waals surface area contributed by atoms with E-state index in [-0.39, 0.29) is 37.3 Å². The minimum Gasteiger partial charge on any atom is -0.481 e. The lowest BCUT2D eigenvalue weighted by Crippen LogP contribution is -2.37. The molecule has 0 saturated carbocycles. The molecule has 2 amide bonds. The SMILES string of the molecule is COC(CNC(=O)C(C)CCCNC(=O)OCC1c2ccccc2-c2ccccc21)CC(=O)O. The van der Waals surface area contributed by atoms with Crippen LogP contribution in [0.15, 0.2) is 48.5 Å². The normalized spacial score (nSPS) is 13.9. The number of aliphatic carboxylic acids is 1. The molecule has 0 radical (unpaired) electrons. The van der Waals surface area contributed by atoms with Crippen molar-refractivity contribution in [2.75, 3.05) is 26.8 Å². The van der Waals surface area contributed by atoms with Crippen molar-refractivity contribution in [3.05, 3.63) is 59.7 Å². The number of carboxylic acids is 1. The minimum atomic E-state index is -0.978. The Morgan fingerprint density at radius 1 is 1.00 bits per heavy atom. The number of benzene rings is 2. The first kappa shape index (κ1) is 25.2. The maximum Gasteiger partial charge on any atom is 0.407 e. The number of rotatable bonds is 12. The van der Waals surface area contributed by atoms with Crippen LogP contribution in [0.25, 0.3) is 11.1 Å². The molecule has 0 fully saturated rings. The molecule has 0 spiro atoms. The van der Waals surface area contributed by atoms with Gasteiger partial charge in [0.25, 0.3) is 0 Å². The van der Waals surface area contributed by atoms with Crippen LogP contribution >= 0.6 is 0 Å². The van der Waals surface area contributed by atoms with Gasteiger partial charge in [-0.15, -0.1) is 0 Å². The van der Waals surface area contributed by atoms with Crippen molar-refractivity contribution in [2.24, 2.45) is 5.92 Å². The molecular weight excluding hydrogens is 436 g/mol. The summed E-state index contributed by atoms with van der Waals surface area (Å²) >= 11 is 0. The number of amides is 2. The van der Waals surface area contributed by atoms with Gasteiger partial charge < -0.3 is 25.2 Å². The van der Waals surface area contributed by atoms with Gasteiger partial charge in [-0.25, -0.2) is 4.79 Å². The number of fused-ring (bicyclic) bond motifs is 3. The molecule has 0 aliphatic heterocycles. The number of carboxylic acid groups (broad SMARTS) is 1. The summed E-state index contributed by atoms with van der Waals surface area (Å²) < 4.78 is 10.6. The van der Waals surface area contributed by atoms with Gasteiger partial charge in [0.05, 0.1) is 12.5 Å². The van der Waals surface area contributed by atoms with Crippen molar-refractivity contribution >= 4 is 18.0 Å². The average Bonchev–Trinajstić information content (AvgIpc) is 3.16. The molecule has 3 N–H and O–H groups in total. The summed E-state index contributed by atoms with van der Waals surface area (Å²) in [6, 6.07) is 16.3. The highest BCUT2D eigenvalue weighted by molar-refractivity contribution is 5.79. The number of alkyl carbamates (subject to hydrolysis) is 1. The van der Waals surface area contributed by atoms with Crippen molar-refractivity contribution in [3.8, 4) is 11.1 Å².